The summed E-state index contributed by atoms with van der Waals surface area (Å²) in [6, 6.07) is -0.791. The zero-order valence-corrected chi connectivity index (χ0v) is 11.1. The smallest absolute Gasteiger partial charge is 0.326 e. The van der Waals surface area contributed by atoms with Crippen LogP contribution in [0.2, 0.25) is 0 Å². The summed E-state index contributed by atoms with van der Waals surface area (Å²) in [6.45, 7) is 2.06. The normalized spacial score (nSPS) is 22.9. The summed E-state index contributed by atoms with van der Waals surface area (Å²) in [4.78, 5) is 35.5. The molecule has 0 aromatic carbocycles. The van der Waals surface area contributed by atoms with Crippen molar-refractivity contribution in [3.8, 4) is 0 Å². The van der Waals surface area contributed by atoms with Crippen LogP contribution in [0.1, 0.15) is 26.2 Å². The number of nitrogens with one attached hydrogen (secondary N) is 1. The van der Waals surface area contributed by atoms with Crippen molar-refractivity contribution in [1.82, 2.24) is 10.2 Å². The molecule has 1 saturated heterocycles. The highest BCUT2D eigenvalue weighted by Crippen LogP contribution is 2.25. The molecule has 7 nitrogen and oxygen atoms in total. The van der Waals surface area contributed by atoms with Crippen LogP contribution in [0.4, 0.5) is 0 Å². The summed E-state index contributed by atoms with van der Waals surface area (Å²) in [7, 11) is 0. The second-order valence-electron chi connectivity index (χ2n) is 4.72. The summed E-state index contributed by atoms with van der Waals surface area (Å²) in [5.41, 5.74) is 5.12. The number of amides is 2. The highest BCUT2D eigenvalue weighted by atomic mass is 16.4. The van der Waals surface area contributed by atoms with Crippen LogP contribution in [-0.2, 0) is 14.4 Å². The molecule has 0 aromatic heterocycles. The Morgan fingerprint density at radius 2 is 2.11 bits per heavy atom. The Morgan fingerprint density at radius 3 is 2.63 bits per heavy atom. The first-order valence-electron chi connectivity index (χ1n) is 6.48. The minimum absolute atomic E-state index is 0.187. The summed E-state index contributed by atoms with van der Waals surface area (Å²) in [6.07, 6.45) is 2.19. The van der Waals surface area contributed by atoms with Crippen LogP contribution in [0.5, 0.6) is 0 Å². The van der Waals surface area contributed by atoms with Crippen molar-refractivity contribution in [2.45, 2.75) is 32.2 Å². The number of rotatable bonds is 5. The van der Waals surface area contributed by atoms with Crippen molar-refractivity contribution >= 4 is 17.8 Å². The van der Waals surface area contributed by atoms with E-state index in [4.69, 9.17) is 5.73 Å². The molecule has 2 unspecified atom stereocenters. The Morgan fingerprint density at radius 1 is 1.42 bits per heavy atom. The van der Waals surface area contributed by atoms with E-state index in [9.17, 15) is 19.5 Å². The fourth-order valence-corrected chi connectivity index (χ4v) is 2.29. The van der Waals surface area contributed by atoms with Gasteiger partial charge in [-0.2, -0.15) is 0 Å². The predicted molar refractivity (Wildman–Crippen MR) is 68.2 cm³/mol. The Bertz CT molecular complexity index is 359. The average molecular weight is 271 g/mol. The summed E-state index contributed by atoms with van der Waals surface area (Å²) in [5.74, 6) is -1.45. The number of hydrogen-bond donors (Lipinski definition) is 3. The van der Waals surface area contributed by atoms with Gasteiger partial charge in [0, 0.05) is 6.54 Å². The van der Waals surface area contributed by atoms with Crippen molar-refractivity contribution in [3.05, 3.63) is 0 Å². The number of carbonyl (C=O) groups is 3. The molecule has 0 spiro atoms. The van der Waals surface area contributed by atoms with Crippen molar-refractivity contribution in [3.63, 3.8) is 0 Å². The quantitative estimate of drug-likeness (QED) is 0.603. The molecule has 19 heavy (non-hydrogen) atoms. The maximum Gasteiger partial charge on any atom is 0.326 e. The Hall–Kier alpha value is -1.63. The minimum Gasteiger partial charge on any atom is -0.480 e. The van der Waals surface area contributed by atoms with Gasteiger partial charge in [0.1, 0.15) is 6.04 Å². The highest BCUT2D eigenvalue weighted by Gasteiger charge is 2.35. The topological polar surface area (TPSA) is 113 Å². The molecule has 2 atom stereocenters. The van der Waals surface area contributed by atoms with Gasteiger partial charge >= 0.3 is 5.97 Å². The molecule has 1 aliphatic heterocycles. The zero-order valence-electron chi connectivity index (χ0n) is 11.1. The molecule has 4 N–H and O–H groups in total. The fraction of sp³-hybridized carbons (Fsp3) is 0.750. The van der Waals surface area contributed by atoms with Crippen molar-refractivity contribution in [2.24, 2.45) is 11.7 Å². The molecule has 0 bridgehead atoms. The monoisotopic (exact) mass is 271 g/mol. The summed E-state index contributed by atoms with van der Waals surface area (Å²) < 4.78 is 0. The van der Waals surface area contributed by atoms with E-state index in [1.165, 1.54) is 4.90 Å². The van der Waals surface area contributed by atoms with Crippen LogP contribution in [0.3, 0.4) is 0 Å². The molecule has 7 heteroatoms. The van der Waals surface area contributed by atoms with Gasteiger partial charge in [-0.05, 0) is 18.8 Å². The Balaban J connectivity index is 2.61. The van der Waals surface area contributed by atoms with Gasteiger partial charge in [-0.25, -0.2) is 4.79 Å². The number of carboxylic acids is 1. The van der Waals surface area contributed by atoms with Crippen molar-refractivity contribution in [1.29, 1.82) is 0 Å². The lowest BCUT2D eigenvalue weighted by Crippen LogP contribution is -2.53. The first kappa shape index (κ1) is 15.4. The van der Waals surface area contributed by atoms with E-state index in [2.05, 4.69) is 5.32 Å². The van der Waals surface area contributed by atoms with Gasteiger partial charge in [0.25, 0.3) is 0 Å². The highest BCUT2D eigenvalue weighted by molar-refractivity contribution is 5.88. The van der Waals surface area contributed by atoms with Crippen molar-refractivity contribution in [2.75, 3.05) is 19.6 Å². The lowest BCUT2D eigenvalue weighted by Gasteiger charge is -2.37. The first-order valence-corrected chi connectivity index (χ1v) is 6.48. The first-order chi connectivity index (χ1) is 8.99. The molecule has 0 radical (unpaired) electrons. The van der Waals surface area contributed by atoms with Gasteiger partial charge in [0.15, 0.2) is 0 Å². The molecule has 0 aromatic rings. The standard InChI is InChI=1S/C12H21N3O4/c1-2-8-3-4-15(9(5-8)12(18)19)11(17)7-14-10(16)6-13/h8-9H,2-7,13H2,1H3,(H,14,16)(H,18,19). The number of carbonyl (C=O) groups excluding carboxylic acids is 2. The molecule has 1 heterocycles. The van der Waals surface area contributed by atoms with E-state index in [0.29, 0.717) is 18.9 Å². The van der Waals surface area contributed by atoms with Crippen LogP contribution in [-0.4, -0.2) is 53.5 Å². The molecule has 0 saturated carbocycles. The summed E-state index contributed by atoms with van der Waals surface area (Å²) >= 11 is 0. The van der Waals surface area contributed by atoms with Crippen LogP contribution in [0.25, 0.3) is 0 Å². The molecule has 2 amide bonds. The predicted octanol–water partition coefficient (Wildman–Crippen LogP) is -0.837. The van der Waals surface area contributed by atoms with E-state index in [1.807, 2.05) is 6.92 Å². The maximum atomic E-state index is 11.9. The number of piperidine rings is 1. The Labute approximate surface area is 112 Å². The summed E-state index contributed by atoms with van der Waals surface area (Å²) in [5, 5.41) is 11.6. The van der Waals surface area contributed by atoms with Gasteiger partial charge in [-0.15, -0.1) is 0 Å². The van der Waals surface area contributed by atoms with Crippen LogP contribution >= 0.6 is 0 Å². The van der Waals surface area contributed by atoms with Gasteiger partial charge in [0.2, 0.25) is 11.8 Å². The molecule has 1 fully saturated rings. The SMILES string of the molecule is CCC1CCN(C(=O)CNC(=O)CN)C(C(=O)O)C1. The number of nitrogens with zero attached hydrogens (tertiary/aromatic N) is 1. The third-order valence-corrected chi connectivity index (χ3v) is 3.52. The lowest BCUT2D eigenvalue weighted by molar-refractivity contribution is -0.153. The maximum absolute atomic E-state index is 11.9. The molecule has 1 aliphatic rings. The van der Waals surface area contributed by atoms with Crippen molar-refractivity contribution < 1.29 is 19.5 Å². The van der Waals surface area contributed by atoms with Crippen LogP contribution < -0.4 is 11.1 Å². The fourth-order valence-electron chi connectivity index (χ4n) is 2.29. The van der Waals surface area contributed by atoms with Gasteiger partial charge in [-0.1, -0.05) is 13.3 Å². The largest absolute Gasteiger partial charge is 0.480 e. The molecular weight excluding hydrogens is 250 g/mol. The average Bonchev–Trinajstić information content (AvgIpc) is 2.43. The van der Waals surface area contributed by atoms with E-state index >= 15 is 0 Å². The van der Waals surface area contributed by atoms with E-state index in [-0.39, 0.29) is 19.0 Å². The van der Waals surface area contributed by atoms with Gasteiger partial charge < -0.3 is 21.1 Å². The zero-order chi connectivity index (χ0) is 14.4. The third-order valence-electron chi connectivity index (χ3n) is 3.52. The van der Waals surface area contributed by atoms with Gasteiger partial charge in [-0.3, -0.25) is 9.59 Å². The number of aliphatic carboxylic acids is 1. The van der Waals surface area contributed by atoms with Crippen LogP contribution in [0.15, 0.2) is 0 Å². The van der Waals surface area contributed by atoms with E-state index in [0.717, 1.165) is 12.8 Å². The van der Waals surface area contributed by atoms with Gasteiger partial charge in [0.05, 0.1) is 13.1 Å². The second kappa shape index (κ2) is 7.08. The number of carboxylic acid groups (broad SMARTS) is 1. The molecule has 108 valence electrons. The van der Waals surface area contributed by atoms with E-state index < -0.39 is 17.9 Å². The molecule has 0 aliphatic carbocycles. The molecule has 1 rings (SSSR count). The number of hydrogen-bond acceptors (Lipinski definition) is 4. The minimum atomic E-state index is -0.989. The second-order valence-corrected chi connectivity index (χ2v) is 4.72. The number of likely N-dealkylation sites (tertiary alicyclic amines) is 1. The van der Waals surface area contributed by atoms with E-state index in [1.54, 1.807) is 0 Å². The lowest BCUT2D eigenvalue weighted by atomic mass is 9.89. The molecular formula is C12H21N3O4. The Kier molecular flexibility index (Phi) is 5.75. The number of nitrogens with two attached hydrogens (primary N) is 1. The third kappa shape index (κ3) is 4.20. The van der Waals surface area contributed by atoms with Crippen LogP contribution in [0, 0.1) is 5.92 Å².